The topological polar surface area (TPSA) is 33.2 Å². The lowest BCUT2D eigenvalue weighted by Crippen LogP contribution is -2.41. The summed E-state index contributed by atoms with van der Waals surface area (Å²) in [7, 11) is 0. The molecule has 3 rings (SSSR count). The van der Waals surface area contributed by atoms with E-state index in [9.17, 15) is 4.79 Å². The lowest BCUT2D eigenvalue weighted by atomic mass is 9.96. The minimum absolute atomic E-state index is 0.0781. The zero-order valence-corrected chi connectivity index (χ0v) is 13.7. The Morgan fingerprint density at radius 3 is 2.81 bits per heavy atom. The van der Waals surface area contributed by atoms with Crippen molar-refractivity contribution >= 4 is 39.1 Å². The van der Waals surface area contributed by atoms with Crippen LogP contribution in [-0.2, 0) is 4.79 Å². The van der Waals surface area contributed by atoms with Crippen LogP contribution in [0.15, 0.2) is 24.3 Å². The molecule has 1 atom stereocenters. The van der Waals surface area contributed by atoms with Crippen molar-refractivity contribution in [3.8, 4) is 0 Å². The smallest absolute Gasteiger partial charge is 0.226 e. The normalized spacial score (nSPS) is 18.1. The number of rotatable bonds is 3. The van der Waals surface area contributed by atoms with Crippen LogP contribution in [0.25, 0.3) is 10.2 Å². The number of para-hydroxylation sites is 1. The maximum Gasteiger partial charge on any atom is 0.226 e. The van der Waals surface area contributed by atoms with Crippen molar-refractivity contribution in [2.24, 2.45) is 5.92 Å². The second-order valence-electron chi connectivity index (χ2n) is 5.67. The summed E-state index contributed by atoms with van der Waals surface area (Å²) >= 11 is 7.57. The number of likely N-dealkylation sites (tertiary alicyclic amines) is 1. The first kappa shape index (κ1) is 14.8. The molecule has 1 unspecified atom stereocenters. The minimum atomic E-state index is -0.0781. The summed E-state index contributed by atoms with van der Waals surface area (Å²) in [5, 5.41) is 1.22. The van der Waals surface area contributed by atoms with E-state index in [0.29, 0.717) is 11.8 Å². The average molecular weight is 323 g/mol. The van der Waals surface area contributed by atoms with Gasteiger partial charge in [0.15, 0.2) is 0 Å². The molecule has 0 bridgehead atoms. The van der Waals surface area contributed by atoms with Crippen LogP contribution < -0.4 is 0 Å². The van der Waals surface area contributed by atoms with E-state index in [2.05, 4.69) is 18.2 Å². The minimum Gasteiger partial charge on any atom is -0.342 e. The molecule has 0 aliphatic carbocycles. The van der Waals surface area contributed by atoms with Gasteiger partial charge in [0, 0.05) is 30.8 Å². The lowest BCUT2D eigenvalue weighted by molar-refractivity contribution is -0.135. The van der Waals surface area contributed by atoms with E-state index in [-0.39, 0.29) is 11.8 Å². The molecule has 2 heterocycles. The summed E-state index contributed by atoms with van der Waals surface area (Å²) in [6.45, 7) is 3.54. The van der Waals surface area contributed by atoms with Crippen molar-refractivity contribution in [2.75, 3.05) is 19.0 Å². The number of fused-ring (bicyclic) bond motifs is 1. The highest BCUT2D eigenvalue weighted by Crippen LogP contribution is 2.34. The van der Waals surface area contributed by atoms with Gasteiger partial charge < -0.3 is 4.90 Å². The molecule has 112 valence electrons. The number of carbonyl (C=O) groups is 1. The third kappa shape index (κ3) is 3.06. The molecule has 21 heavy (non-hydrogen) atoms. The number of amides is 1. The molecule has 2 aromatic rings. The first-order valence-corrected chi connectivity index (χ1v) is 8.74. The van der Waals surface area contributed by atoms with Gasteiger partial charge in [0.25, 0.3) is 0 Å². The number of hydrogen-bond acceptors (Lipinski definition) is 3. The molecule has 1 amide bonds. The highest BCUT2D eigenvalue weighted by Gasteiger charge is 2.27. The van der Waals surface area contributed by atoms with Gasteiger partial charge in [-0.1, -0.05) is 19.1 Å². The fraction of sp³-hybridized carbons (Fsp3) is 0.500. The van der Waals surface area contributed by atoms with Gasteiger partial charge in [-0.2, -0.15) is 0 Å². The predicted octanol–water partition coefficient (Wildman–Crippen LogP) is 3.88. The maximum atomic E-state index is 12.1. The van der Waals surface area contributed by atoms with Crippen LogP contribution in [0.3, 0.4) is 0 Å². The molecule has 1 aromatic carbocycles. The van der Waals surface area contributed by atoms with Gasteiger partial charge in [0.05, 0.1) is 15.2 Å². The van der Waals surface area contributed by atoms with Crippen molar-refractivity contribution in [3.63, 3.8) is 0 Å². The van der Waals surface area contributed by atoms with E-state index in [4.69, 9.17) is 16.6 Å². The van der Waals surface area contributed by atoms with Crippen LogP contribution in [0.2, 0.25) is 0 Å². The highest BCUT2D eigenvalue weighted by molar-refractivity contribution is 7.18. The number of nitrogens with zero attached hydrogens (tertiary/aromatic N) is 2. The van der Waals surface area contributed by atoms with Crippen molar-refractivity contribution in [1.29, 1.82) is 0 Å². The highest BCUT2D eigenvalue weighted by atomic mass is 35.5. The second-order valence-corrected chi connectivity index (χ2v) is 7.05. The Morgan fingerprint density at radius 1 is 1.43 bits per heavy atom. The summed E-state index contributed by atoms with van der Waals surface area (Å²) < 4.78 is 1.25. The van der Waals surface area contributed by atoms with Crippen molar-refractivity contribution in [2.45, 2.75) is 25.7 Å². The Labute approximate surface area is 133 Å². The van der Waals surface area contributed by atoms with Crippen molar-refractivity contribution in [1.82, 2.24) is 9.88 Å². The summed E-state index contributed by atoms with van der Waals surface area (Å²) in [4.78, 5) is 18.8. The number of aromatic nitrogens is 1. The molecule has 0 spiro atoms. The Hall–Kier alpha value is -1.13. The molecule has 1 aliphatic rings. The van der Waals surface area contributed by atoms with Crippen LogP contribution in [0.1, 0.15) is 30.7 Å². The maximum absolute atomic E-state index is 12.1. The first-order chi connectivity index (χ1) is 10.2. The van der Waals surface area contributed by atoms with E-state index in [0.717, 1.165) is 31.4 Å². The average Bonchev–Trinajstić information content (AvgIpc) is 2.97. The standard InChI is InChI=1S/C16H19ClN2OS/c1-11(10-17)16(20)19-8-6-12(7-9-19)15-18-13-4-2-3-5-14(13)21-15/h2-5,11-12H,6-10H2,1H3. The first-order valence-electron chi connectivity index (χ1n) is 7.39. The van der Waals surface area contributed by atoms with E-state index in [1.807, 2.05) is 17.9 Å². The zero-order chi connectivity index (χ0) is 14.8. The Balaban J connectivity index is 1.67. The summed E-state index contributed by atoms with van der Waals surface area (Å²) in [6, 6.07) is 8.27. The Morgan fingerprint density at radius 2 is 2.14 bits per heavy atom. The predicted molar refractivity (Wildman–Crippen MR) is 88.1 cm³/mol. The molecule has 0 saturated carbocycles. The zero-order valence-electron chi connectivity index (χ0n) is 12.1. The number of halogens is 1. The third-order valence-electron chi connectivity index (χ3n) is 4.12. The van der Waals surface area contributed by atoms with E-state index in [1.54, 1.807) is 11.3 Å². The van der Waals surface area contributed by atoms with Crippen LogP contribution >= 0.6 is 22.9 Å². The quantitative estimate of drug-likeness (QED) is 0.803. The number of benzene rings is 1. The molecule has 0 radical (unpaired) electrons. The van der Waals surface area contributed by atoms with E-state index < -0.39 is 0 Å². The van der Waals surface area contributed by atoms with E-state index in [1.165, 1.54) is 9.71 Å². The van der Waals surface area contributed by atoms with Crippen molar-refractivity contribution in [3.05, 3.63) is 29.3 Å². The van der Waals surface area contributed by atoms with Gasteiger partial charge in [-0.3, -0.25) is 4.79 Å². The van der Waals surface area contributed by atoms with Gasteiger partial charge in [-0.25, -0.2) is 4.98 Å². The summed E-state index contributed by atoms with van der Waals surface area (Å²) in [5.41, 5.74) is 1.09. The van der Waals surface area contributed by atoms with E-state index >= 15 is 0 Å². The number of carbonyl (C=O) groups excluding carboxylic acids is 1. The van der Waals surface area contributed by atoms with Gasteiger partial charge in [-0.15, -0.1) is 22.9 Å². The van der Waals surface area contributed by atoms with Gasteiger partial charge >= 0.3 is 0 Å². The number of hydrogen-bond donors (Lipinski definition) is 0. The van der Waals surface area contributed by atoms with Crippen molar-refractivity contribution < 1.29 is 4.79 Å². The van der Waals surface area contributed by atoms with Gasteiger partial charge in [0.2, 0.25) is 5.91 Å². The van der Waals surface area contributed by atoms with Gasteiger partial charge in [-0.05, 0) is 25.0 Å². The molecular formula is C16H19ClN2OS. The molecule has 5 heteroatoms. The largest absolute Gasteiger partial charge is 0.342 e. The number of alkyl halides is 1. The van der Waals surface area contributed by atoms with Crippen LogP contribution in [0.4, 0.5) is 0 Å². The Bertz CT molecular complexity index is 601. The number of piperidine rings is 1. The molecule has 1 aliphatic heterocycles. The molecular weight excluding hydrogens is 304 g/mol. The second kappa shape index (κ2) is 6.32. The van der Waals surface area contributed by atoms with Crippen LogP contribution in [0, 0.1) is 5.92 Å². The monoisotopic (exact) mass is 322 g/mol. The van der Waals surface area contributed by atoms with Crippen LogP contribution in [-0.4, -0.2) is 34.8 Å². The summed E-state index contributed by atoms with van der Waals surface area (Å²) in [6.07, 6.45) is 2.00. The molecule has 1 aromatic heterocycles. The fourth-order valence-corrected chi connectivity index (χ4v) is 4.06. The lowest BCUT2D eigenvalue weighted by Gasteiger charge is -2.32. The molecule has 1 fully saturated rings. The Kier molecular flexibility index (Phi) is 4.45. The fourth-order valence-electron chi connectivity index (χ4n) is 2.79. The molecule has 0 N–H and O–H groups in total. The number of thiazole rings is 1. The molecule has 3 nitrogen and oxygen atoms in total. The van der Waals surface area contributed by atoms with Crippen LogP contribution in [0.5, 0.6) is 0 Å². The third-order valence-corrected chi connectivity index (χ3v) is 5.78. The van der Waals surface area contributed by atoms with Gasteiger partial charge in [0.1, 0.15) is 0 Å². The molecule has 1 saturated heterocycles. The summed E-state index contributed by atoms with van der Waals surface area (Å²) in [5.74, 6) is 0.993. The SMILES string of the molecule is CC(CCl)C(=O)N1CCC(c2nc3ccccc3s2)CC1.